The Labute approximate surface area is 127 Å². The molecule has 1 aromatic heterocycles. The third-order valence-electron chi connectivity index (χ3n) is 2.99. The van der Waals surface area contributed by atoms with Gasteiger partial charge in [-0.1, -0.05) is 6.92 Å². The zero-order chi connectivity index (χ0) is 14.9. The lowest BCUT2D eigenvalue weighted by atomic mass is 10.3. The number of halogens is 2. The number of nitrogen functional groups attached to an aromatic ring is 1. The van der Waals surface area contributed by atoms with E-state index < -0.39 is 16.6 Å². The smallest absolute Gasteiger partial charge is 0.124 e. The molecule has 1 aromatic carbocycles. The molecule has 1 unspecified atom stereocenters. The van der Waals surface area contributed by atoms with Gasteiger partial charge in [0, 0.05) is 12.7 Å². The first kappa shape index (κ1) is 15.2. The molecule has 1 atom stereocenters. The van der Waals surface area contributed by atoms with Crippen LogP contribution < -0.4 is 5.73 Å². The summed E-state index contributed by atoms with van der Waals surface area (Å²) in [5.74, 6) is -0.210. The molecule has 0 saturated heterocycles. The molecule has 0 bridgehead atoms. The summed E-state index contributed by atoms with van der Waals surface area (Å²) < 4.78 is 28.2. The van der Waals surface area contributed by atoms with Crippen LogP contribution in [0.1, 0.15) is 18.3 Å². The molecule has 0 fully saturated rings. The number of hydrogen-bond donors (Lipinski definition) is 1. The van der Waals surface area contributed by atoms with Gasteiger partial charge in [-0.2, -0.15) is 5.10 Å². The van der Waals surface area contributed by atoms with E-state index in [1.165, 1.54) is 18.2 Å². The molecule has 1 heterocycles. The lowest BCUT2D eigenvalue weighted by molar-refractivity contribution is 0.623. The number of rotatable bonds is 4. The Balaban J connectivity index is 2.33. The van der Waals surface area contributed by atoms with Gasteiger partial charge < -0.3 is 5.73 Å². The highest BCUT2D eigenvalue weighted by atomic mass is 79.9. The maximum absolute atomic E-state index is 13.2. The van der Waals surface area contributed by atoms with Crippen molar-refractivity contribution in [1.82, 2.24) is 9.78 Å². The maximum Gasteiger partial charge on any atom is 0.124 e. The van der Waals surface area contributed by atoms with E-state index in [0.29, 0.717) is 10.6 Å². The minimum atomic E-state index is -1.42. The van der Waals surface area contributed by atoms with Gasteiger partial charge in [-0.05, 0) is 40.5 Å². The van der Waals surface area contributed by atoms with Crippen LogP contribution in [0.4, 0.5) is 10.1 Å². The first-order valence-electron chi connectivity index (χ1n) is 6.07. The number of benzene rings is 1. The Bertz CT molecular complexity index is 672. The number of hydrogen-bond acceptors (Lipinski definition) is 3. The average Bonchev–Trinajstić information content (AvgIpc) is 2.68. The van der Waals surface area contributed by atoms with Crippen LogP contribution in [0.15, 0.2) is 27.6 Å². The molecule has 2 N–H and O–H groups in total. The molecular formula is C13H15BrFN3OS. The lowest BCUT2D eigenvalue weighted by Crippen LogP contribution is -2.06. The van der Waals surface area contributed by atoms with E-state index in [4.69, 9.17) is 5.73 Å². The quantitative estimate of drug-likeness (QED) is 0.853. The molecule has 0 aliphatic rings. The normalized spacial score (nSPS) is 12.6. The van der Waals surface area contributed by atoms with Crippen molar-refractivity contribution >= 4 is 32.4 Å². The number of aromatic nitrogens is 2. The van der Waals surface area contributed by atoms with Crippen LogP contribution in [0.3, 0.4) is 0 Å². The van der Waals surface area contributed by atoms with Crippen molar-refractivity contribution in [3.63, 3.8) is 0 Å². The van der Waals surface area contributed by atoms with Crippen LogP contribution in [-0.2, 0) is 30.0 Å². The van der Waals surface area contributed by atoms with E-state index in [9.17, 15) is 8.60 Å². The molecule has 2 rings (SSSR count). The highest BCUT2D eigenvalue weighted by Crippen LogP contribution is 2.26. The van der Waals surface area contributed by atoms with Crippen LogP contribution in [0, 0.1) is 5.82 Å². The van der Waals surface area contributed by atoms with Crippen LogP contribution >= 0.6 is 15.9 Å². The molecule has 20 heavy (non-hydrogen) atoms. The van der Waals surface area contributed by atoms with Gasteiger partial charge in [0.15, 0.2) is 0 Å². The number of nitrogens with zero attached hydrogens (tertiary/aromatic N) is 2. The molecule has 0 saturated carbocycles. The highest BCUT2D eigenvalue weighted by Gasteiger charge is 2.17. The second-order valence-corrected chi connectivity index (χ2v) is 6.57. The van der Waals surface area contributed by atoms with Crippen molar-refractivity contribution in [2.45, 2.75) is 24.0 Å². The van der Waals surface area contributed by atoms with E-state index in [2.05, 4.69) is 21.0 Å². The van der Waals surface area contributed by atoms with E-state index in [1.807, 2.05) is 6.92 Å². The third-order valence-corrected chi connectivity index (χ3v) is 5.29. The molecule has 0 amide bonds. The first-order valence-corrected chi connectivity index (χ1v) is 8.18. The van der Waals surface area contributed by atoms with Crippen molar-refractivity contribution in [2.24, 2.45) is 7.05 Å². The fourth-order valence-corrected chi connectivity index (χ4v) is 4.14. The maximum atomic E-state index is 13.2. The molecule has 7 heteroatoms. The SMILES string of the molecule is CCc1nn(C)c(CS(=O)c2cc(F)ccc2N)c1Br. The highest BCUT2D eigenvalue weighted by molar-refractivity contribution is 9.10. The summed E-state index contributed by atoms with van der Waals surface area (Å²) in [6.07, 6.45) is 0.781. The number of anilines is 1. The largest absolute Gasteiger partial charge is 0.398 e. The van der Waals surface area contributed by atoms with Crippen molar-refractivity contribution in [2.75, 3.05) is 5.73 Å². The molecule has 4 nitrogen and oxygen atoms in total. The van der Waals surface area contributed by atoms with Crippen molar-refractivity contribution in [3.8, 4) is 0 Å². The molecule has 0 aliphatic carbocycles. The second-order valence-electron chi connectivity index (χ2n) is 4.36. The Morgan fingerprint density at radius 2 is 2.20 bits per heavy atom. The van der Waals surface area contributed by atoms with Gasteiger partial charge in [0.05, 0.1) is 37.3 Å². The van der Waals surface area contributed by atoms with Gasteiger partial charge in [0.2, 0.25) is 0 Å². The van der Waals surface area contributed by atoms with Gasteiger partial charge in [-0.3, -0.25) is 8.89 Å². The Kier molecular flexibility index (Phi) is 4.59. The Morgan fingerprint density at radius 1 is 1.50 bits per heavy atom. The standard InChI is InChI=1S/C13H15BrFN3OS/c1-3-10-13(14)11(18(2)17-10)7-20(19)12-6-8(15)4-5-9(12)16/h4-6H,3,7,16H2,1-2H3. The van der Waals surface area contributed by atoms with Crippen molar-refractivity contribution in [3.05, 3.63) is 39.9 Å². The molecule has 2 aromatic rings. The zero-order valence-corrected chi connectivity index (χ0v) is 13.6. The van der Waals surface area contributed by atoms with E-state index in [-0.39, 0.29) is 5.75 Å². The monoisotopic (exact) mass is 359 g/mol. The number of nitrogens with two attached hydrogens (primary N) is 1. The average molecular weight is 360 g/mol. The molecule has 0 spiro atoms. The van der Waals surface area contributed by atoms with E-state index in [1.54, 1.807) is 11.7 Å². The summed E-state index contributed by atoms with van der Waals surface area (Å²) in [5.41, 5.74) is 7.81. The van der Waals surface area contributed by atoms with Gasteiger partial charge >= 0.3 is 0 Å². The van der Waals surface area contributed by atoms with Gasteiger partial charge in [0.25, 0.3) is 0 Å². The topological polar surface area (TPSA) is 60.9 Å². The van der Waals surface area contributed by atoms with E-state index in [0.717, 1.165) is 22.3 Å². The van der Waals surface area contributed by atoms with Crippen molar-refractivity contribution < 1.29 is 8.60 Å². The Morgan fingerprint density at radius 3 is 2.80 bits per heavy atom. The van der Waals surface area contributed by atoms with E-state index >= 15 is 0 Å². The summed E-state index contributed by atoms with van der Waals surface area (Å²) in [6.45, 7) is 2.00. The fourth-order valence-electron chi connectivity index (χ4n) is 1.88. The van der Waals surface area contributed by atoms with Gasteiger partial charge in [-0.25, -0.2) is 4.39 Å². The summed E-state index contributed by atoms with van der Waals surface area (Å²) in [4.78, 5) is 0.316. The third kappa shape index (κ3) is 2.93. The summed E-state index contributed by atoms with van der Waals surface area (Å²) in [7, 11) is 0.376. The van der Waals surface area contributed by atoms with Crippen LogP contribution in [-0.4, -0.2) is 14.0 Å². The van der Waals surface area contributed by atoms with Crippen LogP contribution in [0.5, 0.6) is 0 Å². The van der Waals surface area contributed by atoms with Gasteiger partial charge in [0.1, 0.15) is 5.82 Å². The predicted molar refractivity (Wildman–Crippen MR) is 81.2 cm³/mol. The molecule has 108 valence electrons. The fraction of sp³-hybridized carbons (Fsp3) is 0.308. The summed E-state index contributed by atoms with van der Waals surface area (Å²) in [6, 6.07) is 3.90. The minimum absolute atomic E-state index is 0.234. The second kappa shape index (κ2) is 6.05. The first-order chi connectivity index (χ1) is 9.43. The summed E-state index contributed by atoms with van der Waals surface area (Å²) in [5, 5.41) is 4.35. The summed E-state index contributed by atoms with van der Waals surface area (Å²) >= 11 is 3.47. The predicted octanol–water partition coefficient (Wildman–Crippen LogP) is 2.77. The lowest BCUT2D eigenvalue weighted by Gasteiger charge is -2.07. The van der Waals surface area contributed by atoms with Crippen LogP contribution in [0.25, 0.3) is 0 Å². The molecule has 0 aliphatic heterocycles. The molecular weight excluding hydrogens is 345 g/mol. The Hall–Kier alpha value is -1.21. The zero-order valence-electron chi connectivity index (χ0n) is 11.2. The minimum Gasteiger partial charge on any atom is -0.398 e. The van der Waals surface area contributed by atoms with Crippen molar-refractivity contribution in [1.29, 1.82) is 0 Å². The van der Waals surface area contributed by atoms with Gasteiger partial charge in [-0.15, -0.1) is 0 Å². The number of aryl methyl sites for hydroxylation is 2. The molecule has 0 radical (unpaired) electrons. The van der Waals surface area contributed by atoms with Crippen LogP contribution in [0.2, 0.25) is 0 Å².